The van der Waals surface area contributed by atoms with Gasteiger partial charge in [-0.2, -0.15) is 4.57 Å². The first-order valence-corrected chi connectivity index (χ1v) is 6.87. The summed E-state index contributed by atoms with van der Waals surface area (Å²) >= 11 is 0. The molecule has 1 aliphatic heterocycles. The van der Waals surface area contributed by atoms with Gasteiger partial charge in [-0.05, 0) is 31.2 Å². The Balaban J connectivity index is 2.05. The quantitative estimate of drug-likeness (QED) is 0.438. The van der Waals surface area contributed by atoms with E-state index in [0.717, 1.165) is 36.9 Å². The maximum absolute atomic E-state index is 14.2. The maximum Gasteiger partial charge on any atom is 0.219 e. The topological polar surface area (TPSA) is 3.88 Å². The van der Waals surface area contributed by atoms with Crippen molar-refractivity contribution >= 4 is 0 Å². The highest BCUT2D eigenvalue weighted by Gasteiger charge is 2.37. The SMILES string of the molecule is Fc1cc(F)c2c(c1F)C[n+]1ccc3c(c1-2)CCCC3. The summed E-state index contributed by atoms with van der Waals surface area (Å²) in [5, 5.41) is 0. The molecule has 1 aromatic carbocycles. The Labute approximate surface area is 114 Å². The molecular formula is C16H13F3N+. The monoisotopic (exact) mass is 276 g/mol. The van der Waals surface area contributed by atoms with E-state index in [4.69, 9.17) is 0 Å². The number of pyridine rings is 1. The van der Waals surface area contributed by atoms with E-state index in [-0.39, 0.29) is 17.7 Å². The first-order chi connectivity index (χ1) is 9.66. The lowest BCUT2D eigenvalue weighted by Gasteiger charge is -2.15. The predicted molar refractivity (Wildman–Crippen MR) is 67.7 cm³/mol. The smallest absolute Gasteiger partial charge is 0.206 e. The number of fused-ring (bicyclic) bond motifs is 5. The second-order valence-electron chi connectivity index (χ2n) is 5.51. The van der Waals surface area contributed by atoms with E-state index in [2.05, 4.69) is 0 Å². The minimum Gasteiger partial charge on any atom is -0.206 e. The molecular weight excluding hydrogens is 263 g/mol. The van der Waals surface area contributed by atoms with Gasteiger partial charge in [-0.1, -0.05) is 0 Å². The van der Waals surface area contributed by atoms with Crippen LogP contribution in [0.1, 0.15) is 29.5 Å². The molecule has 0 saturated carbocycles. The summed E-state index contributed by atoms with van der Waals surface area (Å²) in [6.07, 6.45) is 5.90. The lowest BCUT2D eigenvalue weighted by Crippen LogP contribution is -2.34. The zero-order chi connectivity index (χ0) is 13.9. The summed E-state index contributed by atoms with van der Waals surface area (Å²) in [5.74, 6) is -2.69. The van der Waals surface area contributed by atoms with Crippen LogP contribution in [0.5, 0.6) is 0 Å². The van der Waals surface area contributed by atoms with Crippen LogP contribution in [-0.4, -0.2) is 0 Å². The summed E-state index contributed by atoms with van der Waals surface area (Å²) in [6.45, 7) is 0.207. The molecule has 0 unspecified atom stereocenters. The Morgan fingerprint density at radius 1 is 0.950 bits per heavy atom. The van der Waals surface area contributed by atoms with Crippen LogP contribution in [0.3, 0.4) is 0 Å². The first kappa shape index (κ1) is 11.9. The van der Waals surface area contributed by atoms with E-state index in [1.807, 2.05) is 16.8 Å². The zero-order valence-electron chi connectivity index (χ0n) is 10.8. The molecule has 4 heteroatoms. The van der Waals surface area contributed by atoms with Crippen LogP contribution in [0.25, 0.3) is 11.3 Å². The summed E-state index contributed by atoms with van der Waals surface area (Å²) < 4.78 is 43.3. The molecule has 4 rings (SSSR count). The third kappa shape index (κ3) is 1.48. The number of benzene rings is 1. The third-order valence-electron chi connectivity index (χ3n) is 4.37. The average molecular weight is 276 g/mol. The molecule has 2 aliphatic rings. The van der Waals surface area contributed by atoms with E-state index >= 15 is 0 Å². The largest absolute Gasteiger partial charge is 0.219 e. The predicted octanol–water partition coefficient (Wildman–Crippen LogP) is 3.30. The number of hydrogen-bond donors (Lipinski definition) is 0. The zero-order valence-corrected chi connectivity index (χ0v) is 10.8. The highest BCUT2D eigenvalue weighted by molar-refractivity contribution is 5.69. The molecule has 0 radical (unpaired) electrons. The normalized spacial score (nSPS) is 15.8. The van der Waals surface area contributed by atoms with Gasteiger partial charge in [0.25, 0.3) is 0 Å². The summed E-state index contributed by atoms with van der Waals surface area (Å²) in [6, 6.07) is 2.68. The van der Waals surface area contributed by atoms with Crippen molar-refractivity contribution in [3.8, 4) is 11.3 Å². The third-order valence-corrected chi connectivity index (χ3v) is 4.37. The van der Waals surface area contributed by atoms with Crippen LogP contribution in [0.15, 0.2) is 18.3 Å². The Hall–Kier alpha value is -1.84. The molecule has 0 amide bonds. The van der Waals surface area contributed by atoms with Gasteiger partial charge < -0.3 is 0 Å². The van der Waals surface area contributed by atoms with Crippen LogP contribution >= 0.6 is 0 Å². The lowest BCUT2D eigenvalue weighted by molar-refractivity contribution is -0.672. The molecule has 0 atom stereocenters. The highest BCUT2D eigenvalue weighted by Crippen LogP contribution is 2.37. The highest BCUT2D eigenvalue weighted by atomic mass is 19.2. The average Bonchev–Trinajstić information content (AvgIpc) is 2.85. The molecule has 2 heterocycles. The van der Waals surface area contributed by atoms with Gasteiger partial charge in [0.05, 0.1) is 11.1 Å². The van der Waals surface area contributed by atoms with Crippen molar-refractivity contribution < 1.29 is 17.7 Å². The molecule has 20 heavy (non-hydrogen) atoms. The fourth-order valence-electron chi connectivity index (χ4n) is 3.46. The van der Waals surface area contributed by atoms with E-state index in [1.54, 1.807) is 0 Å². The molecule has 1 nitrogen and oxygen atoms in total. The van der Waals surface area contributed by atoms with Gasteiger partial charge in [-0.25, -0.2) is 13.2 Å². The maximum atomic E-state index is 14.2. The number of aromatic nitrogens is 1. The molecule has 1 aliphatic carbocycles. The van der Waals surface area contributed by atoms with E-state index in [1.165, 1.54) is 5.56 Å². The second-order valence-corrected chi connectivity index (χ2v) is 5.51. The van der Waals surface area contributed by atoms with Crippen LogP contribution in [-0.2, 0) is 19.4 Å². The summed E-state index contributed by atoms with van der Waals surface area (Å²) in [4.78, 5) is 0. The second kappa shape index (κ2) is 4.08. The Morgan fingerprint density at radius 3 is 2.60 bits per heavy atom. The molecule has 0 saturated heterocycles. The van der Waals surface area contributed by atoms with Crippen LogP contribution in [0.2, 0.25) is 0 Å². The van der Waals surface area contributed by atoms with Gasteiger partial charge in [-0.3, -0.25) is 0 Å². The van der Waals surface area contributed by atoms with Gasteiger partial charge in [0.1, 0.15) is 5.82 Å². The van der Waals surface area contributed by atoms with Crippen molar-refractivity contribution in [2.45, 2.75) is 32.2 Å². The fourth-order valence-corrected chi connectivity index (χ4v) is 3.46. The number of nitrogens with zero attached hydrogens (tertiary/aromatic N) is 1. The lowest BCUT2D eigenvalue weighted by atomic mass is 9.89. The Morgan fingerprint density at radius 2 is 1.75 bits per heavy atom. The number of hydrogen-bond acceptors (Lipinski definition) is 0. The fraction of sp³-hybridized carbons (Fsp3) is 0.312. The molecule has 102 valence electrons. The van der Waals surface area contributed by atoms with Gasteiger partial charge in [0.2, 0.25) is 5.69 Å². The van der Waals surface area contributed by atoms with Crippen molar-refractivity contribution in [1.29, 1.82) is 0 Å². The van der Waals surface area contributed by atoms with Crippen LogP contribution in [0, 0.1) is 17.5 Å². The summed E-state index contributed by atoms with van der Waals surface area (Å²) in [7, 11) is 0. The minimum absolute atomic E-state index is 0.140. The number of halogens is 3. The van der Waals surface area contributed by atoms with Crippen LogP contribution in [0.4, 0.5) is 13.2 Å². The van der Waals surface area contributed by atoms with Crippen molar-refractivity contribution in [2.24, 2.45) is 0 Å². The minimum atomic E-state index is -1.11. The van der Waals surface area contributed by atoms with Gasteiger partial charge >= 0.3 is 0 Å². The molecule has 0 N–H and O–H groups in total. The number of aryl methyl sites for hydroxylation is 1. The standard InChI is InChI=1S/C16H13F3N/c17-12-7-13(18)15(19)11-8-20-6-5-9-3-1-2-4-10(9)16(20)14(11)12/h5-7H,1-4,8H2/q+1. The molecule has 0 bridgehead atoms. The van der Waals surface area contributed by atoms with Crippen molar-refractivity contribution in [3.05, 3.63) is 52.5 Å². The van der Waals surface area contributed by atoms with Crippen molar-refractivity contribution in [1.82, 2.24) is 0 Å². The first-order valence-electron chi connectivity index (χ1n) is 6.87. The van der Waals surface area contributed by atoms with Crippen molar-refractivity contribution in [3.63, 3.8) is 0 Å². The number of rotatable bonds is 0. The van der Waals surface area contributed by atoms with Gasteiger partial charge in [0, 0.05) is 17.7 Å². The van der Waals surface area contributed by atoms with Crippen molar-refractivity contribution in [2.75, 3.05) is 0 Å². The summed E-state index contributed by atoms with van der Waals surface area (Å²) in [5.41, 5.74) is 3.44. The molecule has 1 aromatic heterocycles. The Kier molecular flexibility index (Phi) is 2.43. The molecule has 2 aromatic rings. The van der Waals surface area contributed by atoms with E-state index < -0.39 is 17.5 Å². The van der Waals surface area contributed by atoms with Crippen LogP contribution < -0.4 is 4.57 Å². The molecule has 0 fully saturated rings. The Bertz CT molecular complexity index is 737. The van der Waals surface area contributed by atoms with E-state index in [9.17, 15) is 13.2 Å². The van der Waals surface area contributed by atoms with Gasteiger partial charge in [-0.15, -0.1) is 0 Å². The van der Waals surface area contributed by atoms with E-state index in [0.29, 0.717) is 6.07 Å². The van der Waals surface area contributed by atoms with Gasteiger partial charge in [0.15, 0.2) is 24.4 Å². The molecule has 0 spiro atoms.